The highest BCUT2D eigenvalue weighted by Crippen LogP contribution is 2.30. The van der Waals surface area contributed by atoms with E-state index in [2.05, 4.69) is 0 Å². The molecule has 0 saturated carbocycles. The molecule has 0 spiro atoms. The van der Waals surface area contributed by atoms with Crippen LogP contribution >= 0.6 is 11.3 Å². The van der Waals surface area contributed by atoms with Gasteiger partial charge < -0.3 is 10.5 Å². The van der Waals surface area contributed by atoms with E-state index in [0.717, 1.165) is 10.4 Å². The summed E-state index contributed by atoms with van der Waals surface area (Å²) < 4.78 is 19.2. The van der Waals surface area contributed by atoms with Crippen molar-refractivity contribution < 1.29 is 9.13 Å². The summed E-state index contributed by atoms with van der Waals surface area (Å²) in [7, 11) is 0. The first-order chi connectivity index (χ1) is 9.17. The van der Waals surface area contributed by atoms with Crippen molar-refractivity contribution in [1.29, 1.82) is 5.26 Å². The summed E-state index contributed by atoms with van der Waals surface area (Å²) in [6, 6.07) is 8.12. The van der Waals surface area contributed by atoms with Gasteiger partial charge in [0.25, 0.3) is 0 Å². The number of aryl methyl sites for hydroxylation is 1. The number of nitriles is 1. The van der Waals surface area contributed by atoms with Crippen LogP contribution in [0.3, 0.4) is 0 Å². The van der Waals surface area contributed by atoms with Crippen LogP contribution < -0.4 is 10.5 Å². The molecule has 1 unspecified atom stereocenters. The van der Waals surface area contributed by atoms with Gasteiger partial charge in [0, 0.05) is 11.4 Å². The largest absolute Gasteiger partial charge is 0.482 e. The summed E-state index contributed by atoms with van der Waals surface area (Å²) in [5.74, 6) is -0.357. The Labute approximate surface area is 115 Å². The average molecular weight is 276 g/mol. The zero-order valence-electron chi connectivity index (χ0n) is 10.4. The van der Waals surface area contributed by atoms with Crippen LogP contribution in [0.25, 0.3) is 0 Å². The minimum Gasteiger partial charge on any atom is -0.482 e. The smallest absolute Gasteiger partial charge is 0.145 e. The van der Waals surface area contributed by atoms with Gasteiger partial charge in [-0.15, -0.1) is 11.3 Å². The lowest BCUT2D eigenvalue weighted by Gasteiger charge is -2.18. The predicted octanol–water partition coefficient (Wildman–Crippen LogP) is 3.15. The van der Waals surface area contributed by atoms with Crippen LogP contribution in [0.15, 0.2) is 29.6 Å². The zero-order chi connectivity index (χ0) is 13.8. The molecule has 0 radical (unpaired) electrons. The molecule has 2 aromatic rings. The fraction of sp³-hybridized carbons (Fsp3) is 0.214. The summed E-state index contributed by atoms with van der Waals surface area (Å²) in [6.45, 7) is 2.23. The molecule has 0 fully saturated rings. The van der Waals surface area contributed by atoms with Crippen molar-refractivity contribution >= 4 is 11.3 Å². The van der Waals surface area contributed by atoms with Crippen molar-refractivity contribution in [3.05, 3.63) is 51.5 Å². The topological polar surface area (TPSA) is 59.0 Å². The summed E-state index contributed by atoms with van der Waals surface area (Å²) in [6.07, 6.45) is -0.367. The second kappa shape index (κ2) is 5.83. The standard InChI is InChI=1S/C14H13FN2OS/c1-9-5-6-19-14(9)13(8-17)18-12-4-2-3-11(15)10(12)7-16/h2-6,13H,8,17H2,1H3. The van der Waals surface area contributed by atoms with Crippen LogP contribution in [0.1, 0.15) is 22.1 Å². The molecular weight excluding hydrogens is 263 g/mol. The van der Waals surface area contributed by atoms with E-state index in [-0.39, 0.29) is 24.0 Å². The molecule has 0 amide bonds. The van der Waals surface area contributed by atoms with E-state index in [1.807, 2.05) is 24.4 Å². The first-order valence-electron chi connectivity index (χ1n) is 5.76. The van der Waals surface area contributed by atoms with Gasteiger partial charge in [-0.25, -0.2) is 4.39 Å². The third kappa shape index (κ3) is 2.75. The molecule has 19 heavy (non-hydrogen) atoms. The lowest BCUT2D eigenvalue weighted by molar-refractivity contribution is 0.216. The molecule has 0 aliphatic heterocycles. The molecule has 0 saturated heterocycles. The van der Waals surface area contributed by atoms with Gasteiger partial charge in [-0.2, -0.15) is 5.26 Å². The van der Waals surface area contributed by atoms with Crippen molar-refractivity contribution in [2.45, 2.75) is 13.0 Å². The van der Waals surface area contributed by atoms with Crippen molar-refractivity contribution in [3.8, 4) is 11.8 Å². The van der Waals surface area contributed by atoms with Crippen molar-refractivity contribution in [2.75, 3.05) is 6.54 Å². The maximum Gasteiger partial charge on any atom is 0.145 e. The Morgan fingerprint density at radius 3 is 2.84 bits per heavy atom. The van der Waals surface area contributed by atoms with E-state index < -0.39 is 5.82 Å². The number of thiophene rings is 1. The summed E-state index contributed by atoms with van der Waals surface area (Å²) in [5, 5.41) is 10.9. The highest BCUT2D eigenvalue weighted by molar-refractivity contribution is 7.10. The Kier molecular flexibility index (Phi) is 4.15. The predicted molar refractivity (Wildman–Crippen MR) is 72.6 cm³/mol. The first-order valence-corrected chi connectivity index (χ1v) is 6.64. The normalized spacial score (nSPS) is 11.9. The Morgan fingerprint density at radius 2 is 2.26 bits per heavy atom. The molecule has 0 bridgehead atoms. The van der Waals surface area contributed by atoms with Gasteiger partial charge >= 0.3 is 0 Å². The maximum absolute atomic E-state index is 13.5. The highest BCUT2D eigenvalue weighted by atomic mass is 32.1. The Hall–Kier alpha value is -1.90. The molecule has 2 rings (SSSR count). The molecule has 3 nitrogen and oxygen atoms in total. The number of hydrogen-bond acceptors (Lipinski definition) is 4. The molecule has 1 aromatic heterocycles. The van der Waals surface area contributed by atoms with Crippen LogP contribution in [-0.4, -0.2) is 6.54 Å². The quantitative estimate of drug-likeness (QED) is 0.933. The number of hydrogen-bond donors (Lipinski definition) is 1. The summed E-state index contributed by atoms with van der Waals surface area (Å²) in [5.41, 5.74) is 6.71. The fourth-order valence-electron chi connectivity index (χ4n) is 1.79. The third-order valence-corrected chi connectivity index (χ3v) is 3.88. The minimum atomic E-state index is -0.585. The van der Waals surface area contributed by atoms with Gasteiger partial charge in [0.05, 0.1) is 0 Å². The maximum atomic E-state index is 13.5. The Bertz CT molecular complexity index is 618. The van der Waals surface area contributed by atoms with Crippen molar-refractivity contribution in [1.82, 2.24) is 0 Å². The molecule has 1 atom stereocenters. The van der Waals surface area contributed by atoms with Crippen LogP contribution in [0.2, 0.25) is 0 Å². The lowest BCUT2D eigenvalue weighted by Crippen LogP contribution is -2.18. The molecule has 1 aromatic carbocycles. The molecule has 5 heteroatoms. The van der Waals surface area contributed by atoms with E-state index in [1.165, 1.54) is 23.5 Å². The third-order valence-electron chi connectivity index (χ3n) is 2.76. The van der Waals surface area contributed by atoms with Gasteiger partial charge in [0.2, 0.25) is 0 Å². The molecule has 0 aliphatic carbocycles. The number of nitrogens with two attached hydrogens (primary N) is 1. The number of ether oxygens (including phenoxy) is 1. The van der Waals surface area contributed by atoms with E-state index in [4.69, 9.17) is 15.7 Å². The Morgan fingerprint density at radius 1 is 1.47 bits per heavy atom. The lowest BCUT2D eigenvalue weighted by atomic mass is 10.2. The highest BCUT2D eigenvalue weighted by Gasteiger charge is 2.18. The van der Waals surface area contributed by atoms with E-state index in [1.54, 1.807) is 6.07 Å². The van der Waals surface area contributed by atoms with E-state index in [9.17, 15) is 4.39 Å². The van der Waals surface area contributed by atoms with Crippen molar-refractivity contribution in [3.63, 3.8) is 0 Å². The Balaban J connectivity index is 2.32. The van der Waals surface area contributed by atoms with Gasteiger partial charge in [-0.05, 0) is 36.1 Å². The average Bonchev–Trinajstić information content (AvgIpc) is 2.82. The summed E-state index contributed by atoms with van der Waals surface area (Å²) in [4.78, 5) is 0.996. The number of rotatable bonds is 4. The van der Waals surface area contributed by atoms with Gasteiger partial charge in [-0.3, -0.25) is 0 Å². The second-order valence-electron chi connectivity index (χ2n) is 4.03. The van der Waals surface area contributed by atoms with Crippen LogP contribution in [-0.2, 0) is 0 Å². The van der Waals surface area contributed by atoms with Crippen molar-refractivity contribution in [2.24, 2.45) is 5.73 Å². The van der Waals surface area contributed by atoms with Gasteiger partial charge in [0.1, 0.15) is 29.3 Å². The molecular formula is C14H13FN2OS. The molecule has 0 aliphatic rings. The monoisotopic (exact) mass is 276 g/mol. The molecule has 2 N–H and O–H groups in total. The van der Waals surface area contributed by atoms with E-state index in [0.29, 0.717) is 0 Å². The van der Waals surface area contributed by atoms with E-state index >= 15 is 0 Å². The van der Waals surface area contributed by atoms with Gasteiger partial charge in [0.15, 0.2) is 0 Å². The number of nitrogens with zero attached hydrogens (tertiary/aromatic N) is 1. The minimum absolute atomic E-state index is 0.0878. The van der Waals surface area contributed by atoms with Crippen LogP contribution in [0.5, 0.6) is 5.75 Å². The fourth-order valence-corrected chi connectivity index (χ4v) is 2.76. The zero-order valence-corrected chi connectivity index (χ0v) is 11.2. The number of benzene rings is 1. The van der Waals surface area contributed by atoms with Gasteiger partial charge in [-0.1, -0.05) is 6.07 Å². The molecule has 98 valence electrons. The number of halogens is 1. The first kappa shape index (κ1) is 13.5. The summed E-state index contributed by atoms with van der Waals surface area (Å²) >= 11 is 1.54. The van der Waals surface area contributed by atoms with Crippen LogP contribution in [0, 0.1) is 24.1 Å². The van der Waals surface area contributed by atoms with Crippen LogP contribution in [0.4, 0.5) is 4.39 Å². The SMILES string of the molecule is Cc1ccsc1C(CN)Oc1cccc(F)c1C#N. The second-order valence-corrected chi connectivity index (χ2v) is 4.98. The molecule has 1 heterocycles.